The maximum absolute atomic E-state index is 13.4. The van der Waals surface area contributed by atoms with Crippen LogP contribution in [0.1, 0.15) is 28.4 Å². The Morgan fingerprint density at radius 2 is 2.06 bits per heavy atom. The number of benzene rings is 1. The summed E-state index contributed by atoms with van der Waals surface area (Å²) < 4.78 is 24.2. The van der Waals surface area contributed by atoms with E-state index in [0.717, 1.165) is 0 Å². The average molecular weight is 496 g/mol. The zero-order valence-electron chi connectivity index (χ0n) is 19.1. The Morgan fingerprint density at radius 1 is 1.20 bits per heavy atom. The van der Waals surface area contributed by atoms with Crippen molar-refractivity contribution < 1.29 is 18.7 Å². The van der Waals surface area contributed by atoms with E-state index < -0.39 is 6.67 Å². The molecule has 1 aliphatic heterocycles. The van der Waals surface area contributed by atoms with E-state index in [9.17, 15) is 9.18 Å². The molecule has 4 heterocycles. The second-order valence-electron chi connectivity index (χ2n) is 8.07. The fraction of sp³-hybridized carbons (Fsp3) is 0.240. The van der Waals surface area contributed by atoms with Crippen LogP contribution in [-0.4, -0.2) is 48.3 Å². The highest BCUT2D eigenvalue weighted by Gasteiger charge is 2.33. The monoisotopic (exact) mass is 495 g/mol. The van der Waals surface area contributed by atoms with Gasteiger partial charge in [0, 0.05) is 36.0 Å². The number of aromatic nitrogens is 3. The summed E-state index contributed by atoms with van der Waals surface area (Å²) in [5.74, 6) is 0.400. The molecule has 0 aliphatic carbocycles. The molecular formula is C25H23ClFN5O3. The number of halogens is 2. The molecule has 0 saturated heterocycles. The third-order valence-electron chi connectivity index (χ3n) is 6.10. The van der Waals surface area contributed by atoms with Gasteiger partial charge in [0.25, 0.3) is 5.91 Å². The SMILES string of the molecule is COc1ccc2nccc(-c3[nH]c4c(c3Nc3cccc(Cl)c3OC)C(=O)NC[C@@H]4CCF)c2n1. The van der Waals surface area contributed by atoms with E-state index in [-0.39, 0.29) is 18.2 Å². The molecule has 1 aromatic carbocycles. The van der Waals surface area contributed by atoms with Crippen molar-refractivity contribution in [1.82, 2.24) is 20.3 Å². The molecular weight excluding hydrogens is 473 g/mol. The zero-order valence-corrected chi connectivity index (χ0v) is 19.9. The number of pyridine rings is 2. The maximum Gasteiger partial charge on any atom is 0.255 e. The quantitative estimate of drug-likeness (QED) is 0.325. The number of amides is 1. The van der Waals surface area contributed by atoms with Gasteiger partial charge in [-0.2, -0.15) is 0 Å². The molecule has 3 N–H and O–H groups in total. The number of H-pyrrole nitrogens is 1. The van der Waals surface area contributed by atoms with Gasteiger partial charge in [-0.1, -0.05) is 17.7 Å². The molecule has 0 fully saturated rings. The van der Waals surface area contributed by atoms with Gasteiger partial charge in [-0.3, -0.25) is 14.2 Å². The van der Waals surface area contributed by atoms with Gasteiger partial charge in [-0.05, 0) is 30.7 Å². The number of carbonyl (C=O) groups is 1. The molecule has 180 valence electrons. The van der Waals surface area contributed by atoms with Crippen LogP contribution in [0.2, 0.25) is 5.02 Å². The van der Waals surface area contributed by atoms with Crippen LogP contribution in [0, 0.1) is 0 Å². The largest absolute Gasteiger partial charge is 0.493 e. The van der Waals surface area contributed by atoms with Crippen LogP contribution in [0.25, 0.3) is 22.3 Å². The summed E-state index contributed by atoms with van der Waals surface area (Å²) in [6.07, 6.45) is 1.95. The van der Waals surface area contributed by atoms with Gasteiger partial charge in [0.2, 0.25) is 5.88 Å². The van der Waals surface area contributed by atoms with E-state index in [4.69, 9.17) is 21.1 Å². The predicted molar refractivity (Wildman–Crippen MR) is 133 cm³/mol. The van der Waals surface area contributed by atoms with Crippen molar-refractivity contribution in [2.24, 2.45) is 0 Å². The minimum absolute atomic E-state index is 0.209. The summed E-state index contributed by atoms with van der Waals surface area (Å²) in [5.41, 5.74) is 4.74. The number of para-hydroxylation sites is 1. The molecule has 1 atom stereocenters. The zero-order chi connectivity index (χ0) is 24.5. The van der Waals surface area contributed by atoms with Crippen molar-refractivity contribution in [1.29, 1.82) is 0 Å². The highest BCUT2D eigenvalue weighted by atomic mass is 35.5. The lowest BCUT2D eigenvalue weighted by Crippen LogP contribution is -2.35. The number of rotatable bonds is 7. The number of hydrogen-bond donors (Lipinski definition) is 3. The van der Waals surface area contributed by atoms with E-state index in [1.165, 1.54) is 7.11 Å². The van der Waals surface area contributed by atoms with Gasteiger partial charge in [0.05, 0.1) is 54.1 Å². The van der Waals surface area contributed by atoms with E-state index in [1.807, 2.05) is 12.1 Å². The minimum atomic E-state index is -0.504. The summed E-state index contributed by atoms with van der Waals surface area (Å²) in [5, 5.41) is 6.66. The fourth-order valence-corrected chi connectivity index (χ4v) is 4.70. The summed E-state index contributed by atoms with van der Waals surface area (Å²) in [7, 11) is 3.07. The molecule has 0 saturated carbocycles. The van der Waals surface area contributed by atoms with Crippen LogP contribution < -0.4 is 20.1 Å². The van der Waals surface area contributed by atoms with Crippen molar-refractivity contribution >= 4 is 39.9 Å². The first-order valence-electron chi connectivity index (χ1n) is 11.0. The molecule has 8 nitrogen and oxygen atoms in total. The third-order valence-corrected chi connectivity index (χ3v) is 6.40. The molecule has 1 amide bonds. The Kier molecular flexibility index (Phi) is 6.17. The van der Waals surface area contributed by atoms with Gasteiger partial charge in [-0.25, -0.2) is 4.98 Å². The van der Waals surface area contributed by atoms with Crippen molar-refractivity contribution in [2.45, 2.75) is 12.3 Å². The third kappa shape index (κ3) is 4.01. The van der Waals surface area contributed by atoms with Crippen LogP contribution in [0.15, 0.2) is 42.6 Å². The normalized spacial score (nSPS) is 15.0. The number of alkyl halides is 1. The molecule has 3 aromatic heterocycles. The predicted octanol–water partition coefficient (Wildman–Crippen LogP) is 5.23. The number of ether oxygens (including phenoxy) is 2. The number of methoxy groups -OCH3 is 2. The Morgan fingerprint density at radius 3 is 2.83 bits per heavy atom. The average Bonchev–Trinajstić information content (AvgIpc) is 3.25. The molecule has 5 rings (SSSR count). The van der Waals surface area contributed by atoms with Crippen LogP contribution in [0.5, 0.6) is 11.6 Å². The van der Waals surface area contributed by atoms with Crippen LogP contribution in [0.3, 0.4) is 0 Å². The lowest BCUT2D eigenvalue weighted by Gasteiger charge is -2.23. The highest BCUT2D eigenvalue weighted by Crippen LogP contribution is 2.44. The molecule has 0 radical (unpaired) electrons. The molecule has 10 heteroatoms. The first-order chi connectivity index (χ1) is 17.0. The van der Waals surface area contributed by atoms with Crippen molar-refractivity contribution in [3.05, 3.63) is 58.9 Å². The van der Waals surface area contributed by atoms with Gasteiger partial charge in [-0.15, -0.1) is 0 Å². The minimum Gasteiger partial charge on any atom is -0.493 e. The number of aromatic amines is 1. The Hall–Kier alpha value is -3.85. The Balaban J connectivity index is 1.78. The van der Waals surface area contributed by atoms with Gasteiger partial charge in [0.15, 0.2) is 5.75 Å². The number of carbonyl (C=O) groups excluding carboxylic acids is 1. The summed E-state index contributed by atoms with van der Waals surface area (Å²) >= 11 is 6.35. The summed E-state index contributed by atoms with van der Waals surface area (Å²) in [6.45, 7) is -0.158. The summed E-state index contributed by atoms with van der Waals surface area (Å²) in [4.78, 5) is 25.5. The van der Waals surface area contributed by atoms with Crippen LogP contribution >= 0.6 is 11.6 Å². The lowest BCUT2D eigenvalue weighted by atomic mass is 9.94. The highest BCUT2D eigenvalue weighted by molar-refractivity contribution is 6.32. The van der Waals surface area contributed by atoms with Crippen LogP contribution in [0.4, 0.5) is 15.8 Å². The molecule has 4 aromatic rings. The van der Waals surface area contributed by atoms with Gasteiger partial charge >= 0.3 is 0 Å². The lowest BCUT2D eigenvalue weighted by molar-refractivity contribution is 0.0939. The number of anilines is 2. The first-order valence-corrected chi connectivity index (χ1v) is 11.4. The van der Waals surface area contributed by atoms with Gasteiger partial charge < -0.3 is 25.1 Å². The molecule has 0 spiro atoms. The van der Waals surface area contributed by atoms with Gasteiger partial charge in [0.1, 0.15) is 5.52 Å². The second kappa shape index (κ2) is 9.42. The fourth-order valence-electron chi connectivity index (χ4n) is 4.44. The number of nitrogens with zero attached hydrogens (tertiary/aromatic N) is 2. The molecule has 0 bridgehead atoms. The van der Waals surface area contributed by atoms with E-state index in [1.54, 1.807) is 37.6 Å². The smallest absolute Gasteiger partial charge is 0.255 e. The first kappa shape index (κ1) is 22.9. The van der Waals surface area contributed by atoms with E-state index in [0.29, 0.717) is 68.1 Å². The van der Waals surface area contributed by atoms with Crippen molar-refractivity contribution in [3.8, 4) is 22.9 Å². The van der Waals surface area contributed by atoms with Crippen molar-refractivity contribution in [3.63, 3.8) is 0 Å². The Bertz CT molecular complexity index is 1420. The summed E-state index contributed by atoms with van der Waals surface area (Å²) in [6, 6.07) is 10.7. The number of fused-ring (bicyclic) bond motifs is 2. The van der Waals surface area contributed by atoms with E-state index in [2.05, 4.69) is 25.6 Å². The molecule has 1 aliphatic rings. The standard InChI is InChI=1S/C25H23ClFN5O3/c1-34-18-7-6-16-21(31-18)14(9-11-28-16)22-23(30-17-5-3-4-15(26)24(17)35-2)19-20(32-22)13(8-10-27)12-29-25(19)33/h3-7,9,11,13,30,32H,8,10,12H2,1-2H3,(H,29,33)/t13-/m0/s1. The second-order valence-corrected chi connectivity index (χ2v) is 8.48. The van der Waals surface area contributed by atoms with E-state index >= 15 is 0 Å². The molecule has 35 heavy (non-hydrogen) atoms. The topological polar surface area (TPSA) is 101 Å². The van der Waals surface area contributed by atoms with Crippen LogP contribution in [-0.2, 0) is 0 Å². The molecule has 0 unspecified atom stereocenters. The Labute approximate surface area is 205 Å². The number of nitrogens with one attached hydrogen (secondary N) is 3. The van der Waals surface area contributed by atoms with Crippen molar-refractivity contribution in [2.75, 3.05) is 32.8 Å². The maximum atomic E-state index is 13.4. The number of hydrogen-bond acceptors (Lipinski definition) is 6.